The van der Waals surface area contributed by atoms with E-state index in [1.54, 1.807) is 0 Å². The number of hydrogen-bond acceptors (Lipinski definition) is 12. The van der Waals surface area contributed by atoms with Gasteiger partial charge in [-0.25, -0.2) is 19.5 Å². The molecule has 3 heterocycles. The highest BCUT2D eigenvalue weighted by molar-refractivity contribution is 7.46. The molecule has 1 saturated heterocycles. The fourth-order valence-electron chi connectivity index (χ4n) is 2.73. The van der Waals surface area contributed by atoms with Crippen LogP contribution < -0.4 is 11.5 Å². The number of carboxylic acids is 2. The number of nitrogens with zero attached hydrogens (tertiary/aromatic N) is 4. The van der Waals surface area contributed by atoms with Gasteiger partial charge >= 0.3 is 19.8 Å². The number of carbonyl (C=O) groups is 2. The number of rotatable bonds is 8. The maximum absolute atomic E-state index is 10.7. The number of aliphatic hydroxyl groups is 2. The third-order valence-electron chi connectivity index (χ3n) is 4.39. The molecule has 0 aliphatic carbocycles. The monoisotopic (exact) mass is 494 g/mol. The summed E-state index contributed by atoms with van der Waals surface area (Å²) in [5, 5.41) is 36.3. The van der Waals surface area contributed by atoms with Crippen LogP contribution in [-0.2, 0) is 23.4 Å². The highest BCUT2D eigenvalue weighted by Crippen LogP contribution is 2.38. The number of nitrogens with two attached hydrogens (primary N) is 2. The van der Waals surface area contributed by atoms with Crippen molar-refractivity contribution in [2.75, 3.05) is 12.3 Å². The summed E-state index contributed by atoms with van der Waals surface area (Å²) in [7, 11) is -4.72. The van der Waals surface area contributed by atoms with Gasteiger partial charge in [0, 0.05) is 6.42 Å². The number of ether oxygens (including phenoxy) is 1. The van der Waals surface area contributed by atoms with Crippen LogP contribution in [0.5, 0.6) is 0 Å². The van der Waals surface area contributed by atoms with Crippen molar-refractivity contribution in [3.63, 3.8) is 0 Å². The topological polar surface area (TPSA) is 287 Å². The maximum Gasteiger partial charge on any atom is 0.469 e. The number of aromatic nitrogens is 4. The lowest BCUT2D eigenvalue weighted by atomic mass is 10.1. The van der Waals surface area contributed by atoms with Gasteiger partial charge in [0.2, 0.25) is 0 Å². The molecule has 0 spiro atoms. The van der Waals surface area contributed by atoms with Gasteiger partial charge in [0.25, 0.3) is 0 Å². The Kier molecular flexibility index (Phi) is 8.76. The normalized spacial score (nSPS) is 23.7. The van der Waals surface area contributed by atoms with Crippen molar-refractivity contribution in [1.29, 1.82) is 0 Å². The first-order valence-electron chi connectivity index (χ1n) is 9.16. The van der Waals surface area contributed by atoms with Gasteiger partial charge in [-0.2, -0.15) is 0 Å². The number of fused-ring (bicyclic) bond motifs is 1. The first kappa shape index (κ1) is 26.5. The Hall–Kier alpha value is -2.76. The van der Waals surface area contributed by atoms with Crippen LogP contribution in [0.25, 0.3) is 11.2 Å². The molecular formula is C15H23N6O11P. The molecule has 3 rings (SSSR count). The Morgan fingerprint density at radius 2 is 1.88 bits per heavy atom. The van der Waals surface area contributed by atoms with Gasteiger partial charge in [0.1, 0.15) is 36.2 Å². The average Bonchev–Trinajstić information content (AvgIpc) is 3.27. The van der Waals surface area contributed by atoms with Gasteiger partial charge in [-0.3, -0.25) is 18.7 Å². The minimum Gasteiger partial charge on any atom is -0.481 e. The molecule has 0 bridgehead atoms. The molecule has 5 atom stereocenters. The van der Waals surface area contributed by atoms with Crippen LogP contribution in [0.3, 0.4) is 0 Å². The summed E-state index contributed by atoms with van der Waals surface area (Å²) < 4.78 is 21.8. The number of phosphoric acid groups is 1. The van der Waals surface area contributed by atoms with Crippen LogP contribution in [0.2, 0.25) is 0 Å². The lowest BCUT2D eigenvalue weighted by Crippen LogP contribution is -2.33. The van der Waals surface area contributed by atoms with Crippen molar-refractivity contribution < 1.29 is 53.6 Å². The molecule has 1 aliphatic rings. The number of imidazole rings is 1. The van der Waals surface area contributed by atoms with E-state index in [1.807, 2.05) is 0 Å². The van der Waals surface area contributed by atoms with Crippen molar-refractivity contribution in [3.8, 4) is 0 Å². The Morgan fingerprint density at radius 3 is 2.45 bits per heavy atom. The number of aliphatic hydroxyl groups excluding tert-OH is 2. The summed E-state index contributed by atoms with van der Waals surface area (Å²) in [6, 6.07) is -1.06. The van der Waals surface area contributed by atoms with E-state index in [0.717, 1.165) is 0 Å². The van der Waals surface area contributed by atoms with E-state index < -0.39 is 56.9 Å². The van der Waals surface area contributed by atoms with Crippen molar-refractivity contribution in [2.24, 2.45) is 5.73 Å². The predicted molar refractivity (Wildman–Crippen MR) is 106 cm³/mol. The van der Waals surface area contributed by atoms with Crippen LogP contribution in [0.4, 0.5) is 5.82 Å². The standard InChI is InChI=1S/C10H14N5O7P.C5H9NO4/c11-8-5-9(13-2-12-8)15(3-14-5)10-7(17)6(16)4(22-10)1-21-23(18,19)20;6-3(5(9)10)1-2-4(7)8/h2-4,6-7,10,16-17H,1H2,(H2,11,12,13)(H2,18,19,20);3H,1-2,6H2,(H,7,8)(H,9,10)/t4-,6-,7-,10-;/m1./s1. The fourth-order valence-corrected chi connectivity index (χ4v) is 3.07. The Morgan fingerprint density at radius 1 is 1.21 bits per heavy atom. The lowest BCUT2D eigenvalue weighted by molar-refractivity contribution is -0.139. The average molecular weight is 494 g/mol. The zero-order chi connectivity index (χ0) is 24.9. The number of carboxylic acid groups (broad SMARTS) is 2. The first-order valence-corrected chi connectivity index (χ1v) is 10.7. The molecule has 0 saturated carbocycles. The quantitative estimate of drug-likeness (QED) is 0.174. The van der Waals surface area contributed by atoms with Crippen LogP contribution in [0, 0.1) is 0 Å². The van der Waals surface area contributed by atoms with Crippen molar-refractivity contribution >= 4 is 36.7 Å². The zero-order valence-corrected chi connectivity index (χ0v) is 17.7. The highest BCUT2D eigenvalue weighted by atomic mass is 31.2. The predicted octanol–water partition coefficient (Wildman–Crippen LogP) is -2.60. The minimum atomic E-state index is -4.72. The SMILES string of the molecule is NC(CCC(=O)O)C(=O)O.Nc1ncnc2c1ncn2[C@@H]1O[C@H](COP(=O)(O)O)[C@@H](O)[C@H]1O. The number of nitrogen functional groups attached to an aromatic ring is 1. The van der Waals surface area contributed by atoms with Gasteiger partial charge in [-0.1, -0.05) is 0 Å². The van der Waals surface area contributed by atoms with Crippen LogP contribution >= 0.6 is 7.82 Å². The van der Waals surface area contributed by atoms with Crippen LogP contribution in [0.1, 0.15) is 19.1 Å². The summed E-state index contributed by atoms with van der Waals surface area (Å²) in [6.07, 6.45) is -2.71. The Labute approximate surface area is 184 Å². The van der Waals surface area contributed by atoms with Crippen molar-refractivity contribution in [1.82, 2.24) is 19.5 Å². The Balaban J connectivity index is 0.000000328. The summed E-state index contributed by atoms with van der Waals surface area (Å²) in [5.74, 6) is -2.05. The summed E-state index contributed by atoms with van der Waals surface area (Å²) in [5.41, 5.74) is 11.3. The Bertz CT molecular complexity index is 1030. The molecule has 0 amide bonds. The second kappa shape index (κ2) is 10.9. The maximum atomic E-state index is 10.7. The molecule has 0 aromatic carbocycles. The third-order valence-corrected chi connectivity index (χ3v) is 4.88. The van der Waals surface area contributed by atoms with Gasteiger partial charge in [-0.15, -0.1) is 0 Å². The van der Waals surface area contributed by atoms with E-state index in [-0.39, 0.29) is 24.3 Å². The van der Waals surface area contributed by atoms with Gasteiger partial charge in [0.05, 0.1) is 12.9 Å². The summed E-state index contributed by atoms with van der Waals surface area (Å²) in [4.78, 5) is 49.1. The largest absolute Gasteiger partial charge is 0.481 e. The van der Waals surface area contributed by atoms with Gasteiger partial charge in [-0.05, 0) is 6.42 Å². The molecule has 1 fully saturated rings. The number of aliphatic carboxylic acids is 2. The number of hydrogen-bond donors (Lipinski definition) is 8. The van der Waals surface area contributed by atoms with Crippen LogP contribution in [0.15, 0.2) is 12.7 Å². The molecule has 2 aromatic rings. The molecular weight excluding hydrogens is 471 g/mol. The van der Waals surface area contributed by atoms with E-state index in [4.69, 9.17) is 36.2 Å². The molecule has 184 valence electrons. The van der Waals surface area contributed by atoms with E-state index in [9.17, 15) is 24.4 Å². The zero-order valence-electron chi connectivity index (χ0n) is 16.8. The van der Waals surface area contributed by atoms with E-state index in [0.29, 0.717) is 5.52 Å². The third kappa shape index (κ3) is 7.11. The molecule has 1 aliphatic heterocycles. The molecule has 17 nitrogen and oxygen atoms in total. The molecule has 18 heteroatoms. The summed E-state index contributed by atoms with van der Waals surface area (Å²) >= 11 is 0. The molecule has 33 heavy (non-hydrogen) atoms. The second-order valence-corrected chi connectivity index (χ2v) is 8.03. The van der Waals surface area contributed by atoms with Crippen LogP contribution in [-0.4, -0.2) is 92.6 Å². The number of phosphoric ester groups is 1. The summed E-state index contributed by atoms with van der Waals surface area (Å²) in [6.45, 7) is -0.594. The van der Waals surface area contributed by atoms with Gasteiger partial charge in [0.15, 0.2) is 17.7 Å². The fraction of sp³-hybridized carbons (Fsp3) is 0.533. The number of anilines is 1. The van der Waals surface area contributed by atoms with Gasteiger partial charge < -0.3 is 46.4 Å². The van der Waals surface area contributed by atoms with E-state index in [1.165, 1.54) is 17.2 Å². The van der Waals surface area contributed by atoms with E-state index in [2.05, 4.69) is 19.5 Å². The molecule has 0 radical (unpaired) electrons. The lowest BCUT2D eigenvalue weighted by Gasteiger charge is -2.16. The minimum absolute atomic E-state index is 0.0231. The second-order valence-electron chi connectivity index (χ2n) is 6.79. The smallest absolute Gasteiger partial charge is 0.469 e. The molecule has 10 N–H and O–H groups in total. The molecule has 1 unspecified atom stereocenters. The van der Waals surface area contributed by atoms with Crippen molar-refractivity contribution in [3.05, 3.63) is 12.7 Å². The first-order chi connectivity index (χ1) is 15.3. The molecule has 2 aromatic heterocycles. The van der Waals surface area contributed by atoms with Crippen molar-refractivity contribution in [2.45, 2.75) is 43.4 Å². The highest BCUT2D eigenvalue weighted by Gasteiger charge is 2.45. The van der Waals surface area contributed by atoms with E-state index >= 15 is 0 Å².